The number of carbonyl (C=O) groups excluding carboxylic acids is 3. The van der Waals surface area contributed by atoms with Gasteiger partial charge in [0.15, 0.2) is 0 Å². The van der Waals surface area contributed by atoms with Gasteiger partial charge in [0.2, 0.25) is 0 Å². The van der Waals surface area contributed by atoms with E-state index in [0.717, 1.165) is 40.2 Å². The lowest BCUT2D eigenvalue weighted by molar-refractivity contribution is -0.148. The van der Waals surface area contributed by atoms with Gasteiger partial charge in [-0.05, 0) is 55.8 Å². The Hall–Kier alpha value is -2.80. The van der Waals surface area contributed by atoms with Crippen LogP contribution in [0.1, 0.15) is 29.4 Å². The number of methoxy groups -OCH3 is 1. The summed E-state index contributed by atoms with van der Waals surface area (Å²) in [7, 11) is 1.23. The molecule has 0 bridgehead atoms. The van der Waals surface area contributed by atoms with Gasteiger partial charge in [0.05, 0.1) is 12.0 Å². The monoisotopic (exact) mass is 398 g/mol. The predicted molar refractivity (Wildman–Crippen MR) is 109 cm³/mol. The van der Waals surface area contributed by atoms with Gasteiger partial charge in [0.1, 0.15) is 6.04 Å². The normalized spacial score (nSPS) is 16.7. The molecule has 1 fully saturated rings. The van der Waals surface area contributed by atoms with Crippen LogP contribution >= 0.6 is 11.8 Å². The fourth-order valence-electron chi connectivity index (χ4n) is 3.21. The highest BCUT2D eigenvalue weighted by molar-refractivity contribution is 8.18. The number of carbonyl (C=O) groups is 3. The summed E-state index contributed by atoms with van der Waals surface area (Å²) in [5.41, 5.74) is 4.14. The van der Waals surface area contributed by atoms with Crippen LogP contribution in [0.5, 0.6) is 0 Å². The minimum atomic E-state index is -0.950. The second kappa shape index (κ2) is 8.06. The molecule has 2 aromatic rings. The van der Waals surface area contributed by atoms with Crippen molar-refractivity contribution < 1.29 is 19.1 Å². The van der Waals surface area contributed by atoms with Crippen LogP contribution in [-0.2, 0) is 20.9 Å². The number of nitrogens with zero attached hydrogens (tertiary/aromatic N) is 2. The highest BCUT2D eigenvalue weighted by Gasteiger charge is 2.41. The van der Waals surface area contributed by atoms with Gasteiger partial charge in [-0.15, -0.1) is 0 Å². The molecule has 1 atom stereocenters. The molecule has 0 radical (unpaired) electrons. The van der Waals surface area contributed by atoms with Gasteiger partial charge in [0.25, 0.3) is 11.1 Å². The molecule has 1 aromatic heterocycles. The van der Waals surface area contributed by atoms with Crippen LogP contribution < -0.4 is 0 Å². The maximum Gasteiger partial charge on any atom is 0.328 e. The molecule has 0 aliphatic carbocycles. The Morgan fingerprint density at radius 2 is 1.89 bits per heavy atom. The molecule has 146 valence electrons. The number of esters is 1. The van der Waals surface area contributed by atoms with Crippen molar-refractivity contribution in [2.75, 3.05) is 7.11 Å². The summed E-state index contributed by atoms with van der Waals surface area (Å²) in [5.74, 6) is -1.09. The molecule has 2 heterocycles. The fourth-order valence-corrected chi connectivity index (χ4v) is 4.11. The second-order valence-electron chi connectivity index (χ2n) is 6.65. The van der Waals surface area contributed by atoms with E-state index in [9.17, 15) is 14.4 Å². The molecular weight excluding hydrogens is 376 g/mol. The highest BCUT2D eigenvalue weighted by atomic mass is 32.2. The van der Waals surface area contributed by atoms with E-state index in [0.29, 0.717) is 4.91 Å². The molecule has 0 unspecified atom stereocenters. The number of amides is 2. The minimum absolute atomic E-state index is 0.306. The zero-order chi connectivity index (χ0) is 20.4. The predicted octanol–water partition coefficient (Wildman–Crippen LogP) is 3.75. The van der Waals surface area contributed by atoms with E-state index in [2.05, 4.69) is 21.4 Å². The van der Waals surface area contributed by atoms with Crippen molar-refractivity contribution in [2.45, 2.75) is 33.4 Å². The zero-order valence-corrected chi connectivity index (χ0v) is 17.1. The van der Waals surface area contributed by atoms with Crippen molar-refractivity contribution in [1.29, 1.82) is 0 Å². The quantitative estimate of drug-likeness (QED) is 0.567. The summed E-state index contributed by atoms with van der Waals surface area (Å²) in [5, 5.41) is -0.466. The SMILES string of the molecule is COC(=O)[C@H](C)N1C(=O)S/C(=C\c2cc(C)n(Cc3ccccc3)c2C)C1=O. The minimum Gasteiger partial charge on any atom is -0.467 e. The molecule has 0 saturated carbocycles. The first-order chi connectivity index (χ1) is 13.3. The van der Waals surface area contributed by atoms with Gasteiger partial charge in [-0.1, -0.05) is 30.3 Å². The Labute approximate surface area is 168 Å². The molecule has 6 nitrogen and oxygen atoms in total. The van der Waals surface area contributed by atoms with Crippen molar-refractivity contribution in [1.82, 2.24) is 9.47 Å². The van der Waals surface area contributed by atoms with Crippen molar-refractivity contribution in [3.8, 4) is 0 Å². The number of hydrogen-bond donors (Lipinski definition) is 0. The van der Waals surface area contributed by atoms with Crippen molar-refractivity contribution >= 4 is 35.0 Å². The third-order valence-corrected chi connectivity index (χ3v) is 5.72. The van der Waals surface area contributed by atoms with Crippen molar-refractivity contribution in [3.05, 3.63) is 63.8 Å². The lowest BCUT2D eigenvalue weighted by Crippen LogP contribution is -2.42. The van der Waals surface area contributed by atoms with Crippen LogP contribution in [0, 0.1) is 13.8 Å². The molecule has 7 heteroatoms. The number of rotatable bonds is 5. The summed E-state index contributed by atoms with van der Waals surface area (Å²) in [4.78, 5) is 37.9. The van der Waals surface area contributed by atoms with Crippen LogP contribution in [0.25, 0.3) is 6.08 Å². The van der Waals surface area contributed by atoms with Crippen LogP contribution in [0.15, 0.2) is 41.3 Å². The summed E-state index contributed by atoms with van der Waals surface area (Å²) >= 11 is 0.842. The smallest absolute Gasteiger partial charge is 0.328 e. The lowest BCUT2D eigenvalue weighted by atomic mass is 10.2. The standard InChI is InChI=1S/C21H22N2O4S/c1-13-10-17(14(2)22(13)12-16-8-6-5-7-9-16)11-18-19(24)23(21(26)28-18)15(3)20(25)27-4/h5-11,15H,12H2,1-4H3/b18-11-/t15-/m0/s1. The molecule has 0 spiro atoms. The van der Waals surface area contributed by atoms with Gasteiger partial charge >= 0.3 is 5.97 Å². The van der Waals surface area contributed by atoms with Crippen molar-refractivity contribution in [3.63, 3.8) is 0 Å². The first-order valence-electron chi connectivity index (χ1n) is 8.89. The summed E-state index contributed by atoms with van der Waals surface area (Å²) in [6.07, 6.45) is 1.72. The number of benzene rings is 1. The molecule has 2 amide bonds. The largest absolute Gasteiger partial charge is 0.467 e. The summed E-state index contributed by atoms with van der Waals surface area (Å²) in [6.45, 7) is 6.21. The van der Waals surface area contributed by atoms with Crippen molar-refractivity contribution in [2.24, 2.45) is 0 Å². The third-order valence-electron chi connectivity index (χ3n) is 4.84. The average Bonchev–Trinajstić information content (AvgIpc) is 3.11. The molecule has 1 aromatic carbocycles. The lowest BCUT2D eigenvalue weighted by Gasteiger charge is -2.18. The van der Waals surface area contributed by atoms with Crippen LogP contribution in [0.2, 0.25) is 0 Å². The number of imide groups is 1. The zero-order valence-electron chi connectivity index (χ0n) is 16.3. The molecule has 0 N–H and O–H groups in total. The second-order valence-corrected chi connectivity index (χ2v) is 7.64. The third kappa shape index (κ3) is 3.75. The summed E-state index contributed by atoms with van der Waals surface area (Å²) < 4.78 is 6.82. The van der Waals surface area contributed by atoms with Crippen LogP contribution in [0.4, 0.5) is 4.79 Å². The first kappa shape index (κ1) is 19.9. The van der Waals surface area contributed by atoms with Gasteiger partial charge in [-0.25, -0.2) is 4.79 Å². The summed E-state index contributed by atoms with van der Waals surface area (Å²) in [6, 6.07) is 11.2. The number of ether oxygens (including phenoxy) is 1. The number of thioether (sulfide) groups is 1. The van der Waals surface area contributed by atoms with Gasteiger partial charge in [0, 0.05) is 17.9 Å². The molecular formula is C21H22N2O4S. The van der Waals surface area contributed by atoms with E-state index in [-0.39, 0.29) is 0 Å². The Balaban J connectivity index is 1.88. The van der Waals surface area contributed by atoms with E-state index in [1.54, 1.807) is 6.08 Å². The maximum absolute atomic E-state index is 12.7. The molecule has 1 aliphatic heterocycles. The number of hydrogen-bond acceptors (Lipinski definition) is 5. The molecule has 3 rings (SSSR count). The molecule has 28 heavy (non-hydrogen) atoms. The highest BCUT2D eigenvalue weighted by Crippen LogP contribution is 2.34. The van der Waals surface area contributed by atoms with E-state index < -0.39 is 23.2 Å². The number of aryl methyl sites for hydroxylation is 1. The van der Waals surface area contributed by atoms with Crippen LogP contribution in [-0.4, -0.2) is 39.7 Å². The topological polar surface area (TPSA) is 68.6 Å². The van der Waals surface area contributed by atoms with E-state index >= 15 is 0 Å². The maximum atomic E-state index is 12.7. The van der Waals surface area contributed by atoms with Gasteiger partial charge in [-0.2, -0.15) is 0 Å². The van der Waals surface area contributed by atoms with E-state index in [4.69, 9.17) is 0 Å². The van der Waals surface area contributed by atoms with Gasteiger partial charge < -0.3 is 9.30 Å². The van der Waals surface area contributed by atoms with Gasteiger partial charge in [-0.3, -0.25) is 14.5 Å². The van der Waals surface area contributed by atoms with Crippen LogP contribution in [0.3, 0.4) is 0 Å². The Kier molecular flexibility index (Phi) is 5.74. The van der Waals surface area contributed by atoms with E-state index in [1.165, 1.54) is 19.6 Å². The van der Waals surface area contributed by atoms with E-state index in [1.807, 2.05) is 38.1 Å². The molecule has 1 saturated heterocycles. The first-order valence-corrected chi connectivity index (χ1v) is 9.70. The fraction of sp³-hybridized carbons (Fsp3) is 0.286. The average molecular weight is 398 g/mol. The number of aromatic nitrogens is 1. The Bertz CT molecular complexity index is 962. The molecule has 1 aliphatic rings. The Morgan fingerprint density at radius 1 is 1.21 bits per heavy atom. The Morgan fingerprint density at radius 3 is 2.54 bits per heavy atom.